The maximum Gasteiger partial charge on any atom is 0.344 e. The van der Waals surface area contributed by atoms with Crippen LogP contribution < -0.4 is 14.2 Å². The lowest BCUT2D eigenvalue weighted by Gasteiger charge is -2.11. The Bertz CT molecular complexity index is 1220. The molecule has 1 aromatic heterocycles. The first kappa shape index (κ1) is 23.0. The van der Waals surface area contributed by atoms with Gasteiger partial charge >= 0.3 is 5.97 Å². The first-order valence-electron chi connectivity index (χ1n) is 10.1. The van der Waals surface area contributed by atoms with Crippen LogP contribution in [-0.2, 0) is 16.1 Å². The van der Waals surface area contributed by atoms with Crippen LogP contribution in [0.1, 0.15) is 27.3 Å². The van der Waals surface area contributed by atoms with Gasteiger partial charge in [-0.25, -0.2) is 4.79 Å². The van der Waals surface area contributed by atoms with Gasteiger partial charge in [0.1, 0.15) is 5.75 Å². The Morgan fingerprint density at radius 3 is 2.58 bits per heavy atom. The molecule has 0 unspecified atom stereocenters. The molecule has 0 aliphatic carbocycles. The largest absolute Gasteiger partial charge is 0.480 e. The van der Waals surface area contributed by atoms with Crippen molar-refractivity contribution in [3.63, 3.8) is 0 Å². The zero-order valence-electron chi connectivity index (χ0n) is 18.0. The maximum atomic E-state index is 12.7. The number of carbonyl (C=O) groups is 2. The summed E-state index contributed by atoms with van der Waals surface area (Å²) in [6.07, 6.45) is 0. The van der Waals surface area contributed by atoms with E-state index in [1.54, 1.807) is 18.2 Å². The Morgan fingerprint density at radius 2 is 1.79 bits per heavy atom. The number of Topliss-reactive ketones (excluding diaryl/α,β-unsaturated/α-hetero) is 1. The number of halogens is 2. The first-order valence-corrected chi connectivity index (χ1v) is 10.9. The fourth-order valence-electron chi connectivity index (χ4n) is 3.54. The number of hydrogen-bond acceptors (Lipinski definition) is 6. The summed E-state index contributed by atoms with van der Waals surface area (Å²) in [4.78, 5) is 24.7. The lowest BCUT2D eigenvalue weighted by Crippen LogP contribution is -2.20. The van der Waals surface area contributed by atoms with Gasteiger partial charge in [-0.05, 0) is 55.8 Å². The van der Waals surface area contributed by atoms with Crippen LogP contribution >= 0.6 is 23.2 Å². The number of carbonyl (C=O) groups excluding carboxylic acids is 2. The van der Waals surface area contributed by atoms with E-state index in [1.165, 1.54) is 6.07 Å². The first-order chi connectivity index (χ1) is 15.8. The molecule has 172 valence electrons. The van der Waals surface area contributed by atoms with Gasteiger partial charge < -0.3 is 23.5 Å². The van der Waals surface area contributed by atoms with Crippen molar-refractivity contribution >= 4 is 35.0 Å². The number of benzene rings is 2. The van der Waals surface area contributed by atoms with Crippen LogP contribution in [-0.4, -0.2) is 36.3 Å². The number of fused-ring (bicyclic) bond motifs is 1. The molecule has 4 rings (SSSR count). The highest BCUT2D eigenvalue weighted by Crippen LogP contribution is 2.33. The van der Waals surface area contributed by atoms with Crippen molar-refractivity contribution in [3.05, 3.63) is 75.0 Å². The van der Waals surface area contributed by atoms with Crippen LogP contribution in [0.15, 0.2) is 42.5 Å². The molecule has 33 heavy (non-hydrogen) atoms. The van der Waals surface area contributed by atoms with E-state index in [4.69, 9.17) is 42.1 Å². The summed E-state index contributed by atoms with van der Waals surface area (Å²) < 4.78 is 23.2. The van der Waals surface area contributed by atoms with E-state index in [-0.39, 0.29) is 30.8 Å². The number of nitrogens with zero attached hydrogens (tertiary/aromatic N) is 1. The fourth-order valence-corrected chi connectivity index (χ4v) is 4.01. The van der Waals surface area contributed by atoms with Crippen molar-refractivity contribution in [2.45, 2.75) is 20.4 Å². The summed E-state index contributed by atoms with van der Waals surface area (Å²) in [6, 6.07) is 12.2. The van der Waals surface area contributed by atoms with Crippen LogP contribution in [0, 0.1) is 13.8 Å². The molecule has 1 aliphatic heterocycles. The highest BCUT2D eigenvalue weighted by atomic mass is 35.5. The molecular weight excluding hydrogens is 469 g/mol. The molecule has 0 radical (unpaired) electrons. The summed E-state index contributed by atoms with van der Waals surface area (Å²) >= 11 is 11.8. The van der Waals surface area contributed by atoms with E-state index in [0.29, 0.717) is 28.6 Å². The average molecular weight is 490 g/mol. The molecule has 0 saturated heterocycles. The number of aryl methyl sites for hydroxylation is 1. The standard InChI is InChI=1S/C24H21Cl2NO6/c1-14-7-18(15(2)27(14)10-16-3-5-22-23(8-16)33-13-32-22)20(28)11-31-24(29)12-30-21-6-4-17(25)9-19(21)26/h3-9H,10-13H2,1-2H3. The fraction of sp³-hybridized carbons (Fsp3) is 0.250. The van der Waals surface area contributed by atoms with Crippen LogP contribution in [0.5, 0.6) is 17.2 Å². The molecule has 0 bridgehead atoms. The maximum absolute atomic E-state index is 12.7. The molecule has 3 aromatic rings. The van der Waals surface area contributed by atoms with Crippen molar-refractivity contribution in [1.29, 1.82) is 0 Å². The molecule has 0 fully saturated rings. The SMILES string of the molecule is Cc1cc(C(=O)COC(=O)COc2ccc(Cl)cc2Cl)c(C)n1Cc1ccc2c(c1)OCO2. The minimum atomic E-state index is -0.677. The van der Waals surface area contributed by atoms with Gasteiger partial charge in [0, 0.05) is 28.5 Å². The summed E-state index contributed by atoms with van der Waals surface area (Å²) in [5, 5.41) is 0.734. The minimum absolute atomic E-state index is 0.218. The normalized spacial score (nSPS) is 12.0. The Kier molecular flexibility index (Phi) is 6.81. The molecule has 0 N–H and O–H groups in total. The van der Waals surface area contributed by atoms with Crippen molar-refractivity contribution in [1.82, 2.24) is 4.57 Å². The second-order valence-corrected chi connectivity index (χ2v) is 8.35. The third kappa shape index (κ3) is 5.26. The van der Waals surface area contributed by atoms with Crippen molar-refractivity contribution in [3.8, 4) is 17.2 Å². The molecular formula is C24H21Cl2NO6. The summed E-state index contributed by atoms with van der Waals surface area (Å²) in [7, 11) is 0. The third-order valence-electron chi connectivity index (χ3n) is 5.26. The number of rotatable bonds is 8. The number of hydrogen-bond donors (Lipinski definition) is 0. The Hall–Kier alpha value is -3.16. The van der Waals surface area contributed by atoms with Gasteiger partial charge in [-0.2, -0.15) is 0 Å². The minimum Gasteiger partial charge on any atom is -0.480 e. The quantitative estimate of drug-likeness (QED) is 0.327. The van der Waals surface area contributed by atoms with Gasteiger partial charge in [0.05, 0.1) is 5.02 Å². The molecule has 2 heterocycles. The summed E-state index contributed by atoms with van der Waals surface area (Å²) in [5.74, 6) is 0.762. The van der Waals surface area contributed by atoms with E-state index in [2.05, 4.69) is 0 Å². The van der Waals surface area contributed by atoms with Gasteiger partial charge in [-0.3, -0.25) is 4.79 Å². The van der Waals surface area contributed by atoms with Gasteiger partial charge in [-0.15, -0.1) is 0 Å². The monoisotopic (exact) mass is 489 g/mol. The van der Waals surface area contributed by atoms with Gasteiger partial charge in [0.15, 0.2) is 24.7 Å². The summed E-state index contributed by atoms with van der Waals surface area (Å²) in [5.41, 5.74) is 3.23. The van der Waals surface area contributed by atoms with E-state index < -0.39 is 5.97 Å². The lowest BCUT2D eigenvalue weighted by molar-refractivity contribution is -0.144. The zero-order valence-corrected chi connectivity index (χ0v) is 19.5. The van der Waals surface area contributed by atoms with Gasteiger partial charge in [0.25, 0.3) is 0 Å². The van der Waals surface area contributed by atoms with E-state index in [1.807, 2.05) is 36.6 Å². The van der Waals surface area contributed by atoms with Crippen LogP contribution in [0.3, 0.4) is 0 Å². The molecule has 1 aliphatic rings. The number of aromatic nitrogens is 1. The summed E-state index contributed by atoms with van der Waals surface area (Å²) in [6.45, 7) is 3.81. The number of ether oxygens (including phenoxy) is 4. The number of esters is 1. The molecule has 9 heteroatoms. The average Bonchev–Trinajstić information content (AvgIpc) is 3.36. The Balaban J connectivity index is 1.35. The molecule has 0 spiro atoms. The predicted octanol–water partition coefficient (Wildman–Crippen LogP) is 4.99. The molecule has 2 aromatic carbocycles. The Labute approximate surface area is 200 Å². The molecule has 0 amide bonds. The van der Waals surface area contributed by atoms with Crippen LogP contribution in [0.4, 0.5) is 0 Å². The van der Waals surface area contributed by atoms with Crippen LogP contribution in [0.25, 0.3) is 0 Å². The van der Waals surface area contributed by atoms with E-state index in [9.17, 15) is 9.59 Å². The highest BCUT2D eigenvalue weighted by molar-refractivity contribution is 6.35. The topological polar surface area (TPSA) is 76.0 Å². The molecule has 7 nitrogen and oxygen atoms in total. The smallest absolute Gasteiger partial charge is 0.344 e. The second kappa shape index (κ2) is 9.77. The van der Waals surface area contributed by atoms with E-state index in [0.717, 1.165) is 22.7 Å². The predicted molar refractivity (Wildman–Crippen MR) is 123 cm³/mol. The van der Waals surface area contributed by atoms with E-state index >= 15 is 0 Å². The van der Waals surface area contributed by atoms with Crippen molar-refractivity contribution in [2.75, 3.05) is 20.0 Å². The number of ketones is 1. The van der Waals surface area contributed by atoms with Gasteiger partial charge in [-0.1, -0.05) is 29.3 Å². The zero-order chi connectivity index (χ0) is 23.5. The highest BCUT2D eigenvalue weighted by Gasteiger charge is 2.19. The lowest BCUT2D eigenvalue weighted by atomic mass is 10.1. The second-order valence-electron chi connectivity index (χ2n) is 7.51. The van der Waals surface area contributed by atoms with Gasteiger partial charge in [0.2, 0.25) is 12.6 Å². The molecule has 0 saturated carbocycles. The Morgan fingerprint density at radius 1 is 1.00 bits per heavy atom. The van der Waals surface area contributed by atoms with Crippen molar-refractivity contribution in [2.24, 2.45) is 0 Å². The third-order valence-corrected chi connectivity index (χ3v) is 5.79. The molecule has 0 atom stereocenters. The van der Waals surface area contributed by atoms with Crippen molar-refractivity contribution < 1.29 is 28.5 Å². The van der Waals surface area contributed by atoms with Crippen LogP contribution in [0.2, 0.25) is 10.0 Å².